The molecule has 106 valence electrons. The number of rotatable bonds is 4. The SMILES string of the molecule is CC(Cc1ccsc1)NC1CCC(C)c2ccccc21. The monoisotopic (exact) mass is 285 g/mol. The molecule has 1 heterocycles. The minimum absolute atomic E-state index is 0.524. The van der Waals surface area contributed by atoms with Crippen LogP contribution in [0.2, 0.25) is 0 Å². The minimum atomic E-state index is 0.524. The van der Waals surface area contributed by atoms with Gasteiger partial charge >= 0.3 is 0 Å². The predicted molar refractivity (Wildman–Crippen MR) is 87.5 cm³/mol. The van der Waals surface area contributed by atoms with E-state index in [9.17, 15) is 0 Å². The summed E-state index contributed by atoms with van der Waals surface area (Å²) < 4.78 is 0. The van der Waals surface area contributed by atoms with Crippen molar-refractivity contribution in [2.75, 3.05) is 0 Å². The number of hydrogen-bond donors (Lipinski definition) is 1. The third kappa shape index (κ3) is 2.97. The second-order valence-corrected chi connectivity index (χ2v) is 6.84. The average Bonchev–Trinajstić information content (AvgIpc) is 2.95. The molecule has 0 saturated carbocycles. The summed E-state index contributed by atoms with van der Waals surface area (Å²) in [7, 11) is 0. The van der Waals surface area contributed by atoms with Gasteiger partial charge in [-0.3, -0.25) is 0 Å². The normalized spacial score (nSPS) is 23.3. The minimum Gasteiger partial charge on any atom is -0.307 e. The predicted octanol–water partition coefficient (Wildman–Crippen LogP) is 4.91. The van der Waals surface area contributed by atoms with Crippen LogP contribution in [0.25, 0.3) is 0 Å². The number of nitrogens with one attached hydrogen (secondary N) is 1. The van der Waals surface area contributed by atoms with Gasteiger partial charge in [0.25, 0.3) is 0 Å². The molecule has 1 nitrogen and oxygen atoms in total. The van der Waals surface area contributed by atoms with Crippen molar-refractivity contribution in [2.45, 2.75) is 51.1 Å². The van der Waals surface area contributed by atoms with E-state index < -0.39 is 0 Å². The van der Waals surface area contributed by atoms with Crippen LogP contribution in [0.5, 0.6) is 0 Å². The molecule has 1 aromatic heterocycles. The van der Waals surface area contributed by atoms with E-state index in [0.29, 0.717) is 18.0 Å². The van der Waals surface area contributed by atoms with E-state index in [1.54, 1.807) is 16.9 Å². The van der Waals surface area contributed by atoms with Gasteiger partial charge in [-0.1, -0.05) is 31.2 Å². The molecule has 0 aliphatic heterocycles. The van der Waals surface area contributed by atoms with Crippen molar-refractivity contribution in [2.24, 2.45) is 0 Å². The van der Waals surface area contributed by atoms with Crippen LogP contribution in [0.4, 0.5) is 0 Å². The van der Waals surface area contributed by atoms with E-state index in [1.165, 1.54) is 24.0 Å². The molecule has 2 aromatic rings. The summed E-state index contributed by atoms with van der Waals surface area (Å²) in [5.41, 5.74) is 4.51. The summed E-state index contributed by atoms with van der Waals surface area (Å²) in [5.74, 6) is 0.705. The fourth-order valence-electron chi connectivity index (χ4n) is 3.34. The third-order valence-corrected chi connectivity index (χ3v) is 5.13. The van der Waals surface area contributed by atoms with E-state index in [-0.39, 0.29) is 0 Å². The van der Waals surface area contributed by atoms with Gasteiger partial charge in [0.15, 0.2) is 0 Å². The van der Waals surface area contributed by atoms with Crippen LogP contribution in [-0.2, 0) is 6.42 Å². The molecular weight excluding hydrogens is 262 g/mol. The molecule has 0 amide bonds. The molecule has 2 heteroatoms. The molecule has 3 rings (SSSR count). The highest BCUT2D eigenvalue weighted by Gasteiger charge is 2.25. The molecule has 1 aliphatic carbocycles. The second kappa shape index (κ2) is 6.11. The van der Waals surface area contributed by atoms with Crippen molar-refractivity contribution in [3.63, 3.8) is 0 Å². The summed E-state index contributed by atoms with van der Waals surface area (Å²) in [5, 5.41) is 8.26. The Hall–Kier alpha value is -1.12. The first-order valence-electron chi connectivity index (χ1n) is 7.60. The summed E-state index contributed by atoms with van der Waals surface area (Å²) in [6, 6.07) is 12.2. The van der Waals surface area contributed by atoms with Crippen LogP contribution in [0.15, 0.2) is 41.1 Å². The summed E-state index contributed by atoms with van der Waals surface area (Å²) in [4.78, 5) is 0. The Morgan fingerprint density at radius 3 is 2.75 bits per heavy atom. The first-order valence-corrected chi connectivity index (χ1v) is 8.54. The molecule has 0 bridgehead atoms. The number of thiophene rings is 1. The number of fused-ring (bicyclic) bond motifs is 1. The number of hydrogen-bond acceptors (Lipinski definition) is 2. The lowest BCUT2D eigenvalue weighted by atomic mass is 9.81. The summed E-state index contributed by atoms with van der Waals surface area (Å²) >= 11 is 1.79. The molecule has 0 radical (unpaired) electrons. The van der Waals surface area contributed by atoms with Crippen LogP contribution in [0.1, 0.15) is 55.3 Å². The molecule has 20 heavy (non-hydrogen) atoms. The van der Waals surface area contributed by atoms with Gasteiger partial charge in [0.1, 0.15) is 0 Å². The van der Waals surface area contributed by atoms with E-state index >= 15 is 0 Å². The zero-order valence-electron chi connectivity index (χ0n) is 12.3. The third-order valence-electron chi connectivity index (χ3n) is 4.40. The lowest BCUT2D eigenvalue weighted by Gasteiger charge is -2.32. The van der Waals surface area contributed by atoms with Crippen molar-refractivity contribution in [3.8, 4) is 0 Å². The Kier molecular flexibility index (Phi) is 4.23. The van der Waals surface area contributed by atoms with Gasteiger partial charge in [0.2, 0.25) is 0 Å². The maximum Gasteiger partial charge on any atom is 0.0325 e. The highest BCUT2D eigenvalue weighted by molar-refractivity contribution is 7.07. The summed E-state index contributed by atoms with van der Waals surface area (Å²) in [6.45, 7) is 4.65. The lowest BCUT2D eigenvalue weighted by molar-refractivity contribution is 0.390. The molecule has 0 spiro atoms. The van der Waals surface area contributed by atoms with E-state index in [0.717, 1.165) is 6.42 Å². The van der Waals surface area contributed by atoms with Crippen molar-refractivity contribution >= 4 is 11.3 Å². The van der Waals surface area contributed by atoms with Crippen LogP contribution >= 0.6 is 11.3 Å². The van der Waals surface area contributed by atoms with Crippen molar-refractivity contribution in [1.82, 2.24) is 5.32 Å². The molecule has 1 aromatic carbocycles. The molecule has 1 N–H and O–H groups in total. The molecule has 0 saturated heterocycles. The maximum atomic E-state index is 3.84. The highest BCUT2D eigenvalue weighted by Crippen LogP contribution is 2.37. The molecule has 1 aliphatic rings. The van der Waals surface area contributed by atoms with E-state index in [4.69, 9.17) is 0 Å². The van der Waals surface area contributed by atoms with Gasteiger partial charge in [-0.15, -0.1) is 0 Å². The molecule has 3 atom stereocenters. The Balaban J connectivity index is 1.70. The first-order chi connectivity index (χ1) is 9.74. The molecule has 3 unspecified atom stereocenters. The zero-order valence-corrected chi connectivity index (χ0v) is 13.1. The van der Waals surface area contributed by atoms with E-state index in [1.807, 2.05) is 0 Å². The highest BCUT2D eigenvalue weighted by atomic mass is 32.1. The zero-order chi connectivity index (χ0) is 13.9. The molecule has 0 fully saturated rings. The van der Waals surface area contributed by atoms with Gasteiger partial charge in [-0.05, 0) is 65.6 Å². The standard InChI is InChI=1S/C18H23NS/c1-13-7-8-18(17-6-4-3-5-16(13)17)19-14(2)11-15-9-10-20-12-15/h3-6,9-10,12-14,18-19H,7-8,11H2,1-2H3. The van der Waals surface area contributed by atoms with Crippen molar-refractivity contribution < 1.29 is 0 Å². The first kappa shape index (κ1) is 13.8. The van der Waals surface area contributed by atoms with Crippen LogP contribution in [0.3, 0.4) is 0 Å². The van der Waals surface area contributed by atoms with Crippen molar-refractivity contribution in [1.29, 1.82) is 0 Å². The lowest BCUT2D eigenvalue weighted by Crippen LogP contribution is -2.34. The molecular formula is C18H23NS. The van der Waals surface area contributed by atoms with Gasteiger partial charge in [0, 0.05) is 12.1 Å². The van der Waals surface area contributed by atoms with Gasteiger partial charge in [-0.25, -0.2) is 0 Å². The topological polar surface area (TPSA) is 12.0 Å². The van der Waals surface area contributed by atoms with Gasteiger partial charge in [-0.2, -0.15) is 11.3 Å². The maximum absolute atomic E-state index is 3.84. The fraction of sp³-hybridized carbons (Fsp3) is 0.444. The Morgan fingerprint density at radius 1 is 1.20 bits per heavy atom. The largest absolute Gasteiger partial charge is 0.307 e. The van der Waals surface area contributed by atoms with Crippen LogP contribution < -0.4 is 5.32 Å². The fourth-order valence-corrected chi connectivity index (χ4v) is 4.02. The average molecular weight is 285 g/mol. The van der Waals surface area contributed by atoms with Gasteiger partial charge in [0.05, 0.1) is 0 Å². The van der Waals surface area contributed by atoms with Crippen LogP contribution in [0, 0.1) is 0 Å². The van der Waals surface area contributed by atoms with E-state index in [2.05, 4.69) is 60.3 Å². The second-order valence-electron chi connectivity index (χ2n) is 6.06. The Bertz CT molecular complexity index is 546. The van der Waals surface area contributed by atoms with Crippen LogP contribution in [-0.4, -0.2) is 6.04 Å². The smallest absolute Gasteiger partial charge is 0.0325 e. The Morgan fingerprint density at radius 2 is 2.00 bits per heavy atom. The number of benzene rings is 1. The van der Waals surface area contributed by atoms with Gasteiger partial charge < -0.3 is 5.32 Å². The summed E-state index contributed by atoms with van der Waals surface area (Å²) in [6.07, 6.45) is 3.67. The quantitative estimate of drug-likeness (QED) is 0.842. The Labute approximate surface area is 126 Å². The van der Waals surface area contributed by atoms with Crippen molar-refractivity contribution in [3.05, 3.63) is 57.8 Å².